The van der Waals surface area contributed by atoms with Crippen LogP contribution in [0.3, 0.4) is 0 Å². The topological polar surface area (TPSA) is 153 Å². The predicted octanol–water partition coefficient (Wildman–Crippen LogP) is 1.40. The summed E-state index contributed by atoms with van der Waals surface area (Å²) in [5.74, 6) is -0.0635. The van der Waals surface area contributed by atoms with E-state index in [-0.39, 0.29) is 23.3 Å². The monoisotopic (exact) mass is 437 g/mol. The van der Waals surface area contributed by atoms with Crippen LogP contribution in [0.2, 0.25) is 0 Å². The summed E-state index contributed by atoms with van der Waals surface area (Å²) < 4.78 is 5.42. The van der Waals surface area contributed by atoms with E-state index in [9.17, 15) is 9.90 Å². The normalized spacial score (nSPS) is 20.9. The number of hydrogen-bond donors (Lipinski definition) is 4. The summed E-state index contributed by atoms with van der Waals surface area (Å²) in [4.78, 5) is 28.0. The number of pyridine rings is 3. The van der Waals surface area contributed by atoms with Crippen molar-refractivity contribution in [2.45, 2.75) is 26.0 Å². The smallest absolute Gasteiger partial charge is 0.276 e. The third kappa shape index (κ3) is 4.27. The molecule has 10 heteroatoms. The molecule has 4 rings (SSSR count). The number of anilines is 3. The molecule has 3 atom stereocenters. The number of nitrogen functional groups attached to an aromatic ring is 1. The number of nitrogens with one attached hydrogen (secondary N) is 1. The van der Waals surface area contributed by atoms with Gasteiger partial charge in [-0.1, -0.05) is 6.92 Å². The fourth-order valence-electron chi connectivity index (χ4n) is 3.91. The summed E-state index contributed by atoms with van der Waals surface area (Å²) in [7, 11) is 0. The number of ether oxygens (including phenoxy) is 1. The highest BCUT2D eigenvalue weighted by Crippen LogP contribution is 2.30. The number of nitrogens with two attached hydrogens (primary N) is 2. The zero-order chi connectivity index (χ0) is 22.8. The summed E-state index contributed by atoms with van der Waals surface area (Å²) >= 11 is 0. The van der Waals surface area contributed by atoms with Crippen LogP contribution in [0.4, 0.5) is 17.1 Å². The number of piperidine rings is 1. The number of aromatic nitrogens is 3. The summed E-state index contributed by atoms with van der Waals surface area (Å²) in [6.07, 6.45) is 2.65. The molecule has 1 aliphatic heterocycles. The van der Waals surface area contributed by atoms with Crippen molar-refractivity contribution >= 4 is 34.0 Å². The highest BCUT2D eigenvalue weighted by Gasteiger charge is 2.32. The molecule has 1 aliphatic rings. The highest BCUT2D eigenvalue weighted by atomic mass is 16.5. The average Bonchev–Trinajstić information content (AvgIpc) is 2.77. The molecular weight excluding hydrogens is 410 g/mol. The van der Waals surface area contributed by atoms with Gasteiger partial charge in [0, 0.05) is 42.7 Å². The third-order valence-electron chi connectivity index (χ3n) is 5.54. The Hall–Kier alpha value is -3.50. The molecule has 1 amide bonds. The maximum absolute atomic E-state index is 13.1. The lowest BCUT2D eigenvalue weighted by Gasteiger charge is -2.40. The van der Waals surface area contributed by atoms with Crippen molar-refractivity contribution in [3.63, 3.8) is 0 Å². The van der Waals surface area contributed by atoms with E-state index >= 15 is 0 Å². The molecule has 3 aromatic rings. The zero-order valence-corrected chi connectivity index (χ0v) is 18.0. The maximum atomic E-state index is 13.1. The molecule has 3 unspecified atom stereocenters. The summed E-state index contributed by atoms with van der Waals surface area (Å²) in [6, 6.07) is 6.61. The largest absolute Gasteiger partial charge is 0.478 e. The van der Waals surface area contributed by atoms with Gasteiger partial charge in [-0.25, -0.2) is 4.98 Å². The molecule has 6 N–H and O–H groups in total. The Morgan fingerprint density at radius 3 is 2.88 bits per heavy atom. The van der Waals surface area contributed by atoms with E-state index in [1.54, 1.807) is 36.7 Å². The fraction of sp³-hybridized carbons (Fsp3) is 0.364. The number of carbonyl (C=O) groups excluding carboxylic acids is 1. The maximum Gasteiger partial charge on any atom is 0.276 e. The number of aliphatic hydroxyl groups is 1. The van der Waals surface area contributed by atoms with Crippen molar-refractivity contribution in [3.8, 4) is 5.88 Å². The molecule has 0 aliphatic carbocycles. The average molecular weight is 438 g/mol. The van der Waals surface area contributed by atoms with Crippen LogP contribution in [0.5, 0.6) is 5.88 Å². The second-order valence-corrected chi connectivity index (χ2v) is 7.94. The molecule has 1 saturated heterocycles. The Bertz CT molecular complexity index is 1130. The van der Waals surface area contributed by atoms with E-state index in [1.165, 1.54) is 0 Å². The van der Waals surface area contributed by atoms with E-state index in [0.717, 1.165) is 5.69 Å². The number of rotatable bonds is 5. The van der Waals surface area contributed by atoms with Crippen LogP contribution in [0.15, 0.2) is 36.7 Å². The van der Waals surface area contributed by atoms with E-state index < -0.39 is 12.0 Å². The van der Waals surface area contributed by atoms with E-state index in [1.807, 2.05) is 18.7 Å². The number of amides is 1. The van der Waals surface area contributed by atoms with Crippen molar-refractivity contribution in [2.24, 2.45) is 11.7 Å². The SMILES string of the molecule is CCOc1ccc2cc(N)c(C(=O)Nc3cnccc3N3CC(C)C(O)C(N)C3)nc2n1. The molecule has 1 fully saturated rings. The molecule has 0 bridgehead atoms. The lowest BCUT2D eigenvalue weighted by Crippen LogP contribution is -2.55. The predicted molar refractivity (Wildman–Crippen MR) is 123 cm³/mol. The van der Waals surface area contributed by atoms with Gasteiger partial charge in [0.2, 0.25) is 5.88 Å². The quantitative estimate of drug-likeness (QED) is 0.464. The van der Waals surface area contributed by atoms with Crippen LogP contribution in [-0.4, -0.2) is 57.8 Å². The van der Waals surface area contributed by atoms with E-state index in [2.05, 4.69) is 20.3 Å². The molecule has 4 heterocycles. The molecule has 0 radical (unpaired) electrons. The number of aliphatic hydroxyl groups excluding tert-OH is 1. The van der Waals surface area contributed by atoms with Gasteiger partial charge in [0.05, 0.1) is 36.0 Å². The summed E-state index contributed by atoms with van der Waals surface area (Å²) in [5, 5.41) is 13.7. The minimum atomic E-state index is -0.568. The number of carbonyl (C=O) groups is 1. The molecule has 32 heavy (non-hydrogen) atoms. The lowest BCUT2D eigenvalue weighted by molar-refractivity contribution is 0.0785. The van der Waals surface area contributed by atoms with Gasteiger partial charge < -0.3 is 31.5 Å². The zero-order valence-electron chi connectivity index (χ0n) is 18.0. The number of fused-ring (bicyclic) bond motifs is 1. The first-order chi connectivity index (χ1) is 15.4. The Labute approximate surface area is 185 Å². The summed E-state index contributed by atoms with van der Waals surface area (Å²) in [6.45, 7) is 5.34. The van der Waals surface area contributed by atoms with Crippen LogP contribution in [-0.2, 0) is 0 Å². The van der Waals surface area contributed by atoms with Gasteiger partial charge >= 0.3 is 0 Å². The molecule has 10 nitrogen and oxygen atoms in total. The van der Waals surface area contributed by atoms with Crippen molar-refractivity contribution in [1.29, 1.82) is 0 Å². The summed E-state index contributed by atoms with van der Waals surface area (Å²) in [5.41, 5.74) is 14.2. The Balaban J connectivity index is 1.62. The first kappa shape index (κ1) is 21.7. The van der Waals surface area contributed by atoms with Crippen molar-refractivity contribution in [1.82, 2.24) is 15.0 Å². The van der Waals surface area contributed by atoms with Crippen LogP contribution >= 0.6 is 0 Å². The number of nitrogens with zero attached hydrogens (tertiary/aromatic N) is 4. The van der Waals surface area contributed by atoms with Crippen LogP contribution in [0.1, 0.15) is 24.3 Å². The number of hydrogen-bond acceptors (Lipinski definition) is 9. The van der Waals surface area contributed by atoms with Crippen molar-refractivity contribution in [2.75, 3.05) is 35.6 Å². The highest BCUT2D eigenvalue weighted by molar-refractivity contribution is 6.08. The van der Waals surface area contributed by atoms with E-state index in [0.29, 0.717) is 42.3 Å². The first-order valence-electron chi connectivity index (χ1n) is 10.5. The molecule has 0 spiro atoms. The van der Waals surface area contributed by atoms with Gasteiger partial charge in [-0.2, -0.15) is 4.98 Å². The van der Waals surface area contributed by atoms with Crippen LogP contribution < -0.4 is 26.4 Å². The van der Waals surface area contributed by atoms with Crippen molar-refractivity contribution in [3.05, 3.63) is 42.4 Å². The standard InChI is InChI=1S/C22H27N7O3/c1-3-32-18-5-4-13-8-14(23)19(28-21(13)27-18)22(31)26-16-9-25-7-6-17(16)29-10-12(2)20(30)15(24)11-29/h4-9,12,15,20,30H,3,10-11,23-24H2,1-2H3,(H,26,31). The van der Waals surface area contributed by atoms with Gasteiger partial charge in [0.15, 0.2) is 11.3 Å². The molecule has 0 saturated carbocycles. The first-order valence-corrected chi connectivity index (χ1v) is 10.5. The molecular formula is C22H27N7O3. The third-order valence-corrected chi connectivity index (χ3v) is 5.54. The van der Waals surface area contributed by atoms with Gasteiger partial charge in [0.1, 0.15) is 0 Å². The molecule has 168 valence electrons. The Morgan fingerprint density at radius 1 is 1.31 bits per heavy atom. The second kappa shape index (κ2) is 8.93. The Morgan fingerprint density at radius 2 is 2.12 bits per heavy atom. The minimum Gasteiger partial charge on any atom is -0.478 e. The van der Waals surface area contributed by atoms with Crippen LogP contribution in [0.25, 0.3) is 11.0 Å². The van der Waals surface area contributed by atoms with Gasteiger partial charge in [-0.3, -0.25) is 9.78 Å². The fourth-order valence-corrected chi connectivity index (χ4v) is 3.91. The molecule has 3 aromatic heterocycles. The molecule has 0 aromatic carbocycles. The van der Waals surface area contributed by atoms with Gasteiger partial charge in [0.25, 0.3) is 5.91 Å². The second-order valence-electron chi connectivity index (χ2n) is 7.94. The van der Waals surface area contributed by atoms with E-state index in [4.69, 9.17) is 16.2 Å². The Kier molecular flexibility index (Phi) is 6.06. The van der Waals surface area contributed by atoms with Gasteiger partial charge in [-0.15, -0.1) is 0 Å². The van der Waals surface area contributed by atoms with Crippen LogP contribution in [0, 0.1) is 5.92 Å². The van der Waals surface area contributed by atoms with Crippen molar-refractivity contribution < 1.29 is 14.6 Å². The lowest BCUT2D eigenvalue weighted by atomic mass is 9.92. The van der Waals surface area contributed by atoms with Gasteiger partial charge in [-0.05, 0) is 25.1 Å². The minimum absolute atomic E-state index is 0.0149.